The number of hydrogen-bond donors (Lipinski definition) is 2. The van der Waals surface area contributed by atoms with E-state index in [1.807, 2.05) is 6.07 Å². The Bertz CT molecular complexity index is 530. The molecular weight excluding hydrogens is 276 g/mol. The predicted octanol–water partition coefficient (Wildman–Crippen LogP) is 3.04. The lowest BCUT2D eigenvalue weighted by Crippen LogP contribution is -2.67. The number of ether oxygens (including phenoxy) is 1. The van der Waals surface area contributed by atoms with Crippen molar-refractivity contribution in [2.75, 3.05) is 18.6 Å². The van der Waals surface area contributed by atoms with Crippen molar-refractivity contribution in [2.24, 2.45) is 0 Å². The van der Waals surface area contributed by atoms with Gasteiger partial charge in [-0.3, -0.25) is 0 Å². The molecule has 0 aromatic heterocycles. The fraction of sp³-hybridized carbons (Fsp3) is 0.667. The SMILES string of the molecule is COCc1cc(N2CC(C)(C)N[C@H]3CCCC[C@@H]32)ccc1O. The Hall–Kier alpha value is -1.26. The number of piperazine rings is 1. The highest BCUT2D eigenvalue weighted by Crippen LogP contribution is 2.35. The van der Waals surface area contributed by atoms with Gasteiger partial charge in [0.1, 0.15) is 5.75 Å². The van der Waals surface area contributed by atoms with Crippen LogP contribution in [0.15, 0.2) is 18.2 Å². The fourth-order valence-corrected chi connectivity index (χ4v) is 4.05. The fourth-order valence-electron chi connectivity index (χ4n) is 4.05. The summed E-state index contributed by atoms with van der Waals surface area (Å²) in [5, 5.41) is 13.8. The molecule has 22 heavy (non-hydrogen) atoms. The minimum atomic E-state index is 0.109. The highest BCUT2D eigenvalue weighted by molar-refractivity contribution is 5.54. The summed E-state index contributed by atoms with van der Waals surface area (Å²) in [4.78, 5) is 2.54. The summed E-state index contributed by atoms with van der Waals surface area (Å²) in [5.74, 6) is 0.320. The average Bonchev–Trinajstić information content (AvgIpc) is 2.48. The summed E-state index contributed by atoms with van der Waals surface area (Å²) >= 11 is 0. The maximum atomic E-state index is 9.99. The molecule has 1 aliphatic carbocycles. The first-order chi connectivity index (χ1) is 10.5. The minimum Gasteiger partial charge on any atom is -0.508 e. The zero-order valence-electron chi connectivity index (χ0n) is 13.9. The summed E-state index contributed by atoms with van der Waals surface area (Å²) in [6.45, 7) is 6.00. The number of phenolic OH excluding ortho intramolecular Hbond substituents is 1. The molecule has 1 heterocycles. The summed E-state index contributed by atoms with van der Waals surface area (Å²) in [6, 6.07) is 7.06. The van der Waals surface area contributed by atoms with E-state index in [-0.39, 0.29) is 5.54 Å². The monoisotopic (exact) mass is 304 g/mol. The van der Waals surface area contributed by atoms with Crippen LogP contribution in [0.3, 0.4) is 0 Å². The Morgan fingerprint density at radius 3 is 2.86 bits per heavy atom. The van der Waals surface area contributed by atoms with Gasteiger partial charge in [0.25, 0.3) is 0 Å². The van der Waals surface area contributed by atoms with Gasteiger partial charge in [-0.15, -0.1) is 0 Å². The topological polar surface area (TPSA) is 44.7 Å². The van der Waals surface area contributed by atoms with Crippen LogP contribution >= 0.6 is 0 Å². The Morgan fingerprint density at radius 1 is 1.32 bits per heavy atom. The maximum Gasteiger partial charge on any atom is 0.121 e. The largest absolute Gasteiger partial charge is 0.508 e. The molecule has 0 bridgehead atoms. The van der Waals surface area contributed by atoms with E-state index >= 15 is 0 Å². The second-order valence-corrected chi connectivity index (χ2v) is 7.36. The Balaban J connectivity index is 1.92. The van der Waals surface area contributed by atoms with Crippen molar-refractivity contribution in [3.05, 3.63) is 23.8 Å². The van der Waals surface area contributed by atoms with E-state index in [2.05, 4.69) is 30.1 Å². The molecule has 2 atom stereocenters. The molecular formula is C18H28N2O2. The first-order valence-corrected chi connectivity index (χ1v) is 8.35. The van der Waals surface area contributed by atoms with E-state index in [1.54, 1.807) is 13.2 Å². The first-order valence-electron chi connectivity index (χ1n) is 8.35. The van der Waals surface area contributed by atoms with Crippen LogP contribution in [-0.4, -0.2) is 36.4 Å². The Morgan fingerprint density at radius 2 is 2.09 bits per heavy atom. The molecule has 4 heteroatoms. The van der Waals surface area contributed by atoms with Gasteiger partial charge >= 0.3 is 0 Å². The number of fused-ring (bicyclic) bond motifs is 1. The zero-order chi connectivity index (χ0) is 15.7. The predicted molar refractivity (Wildman–Crippen MR) is 89.4 cm³/mol. The third-order valence-corrected chi connectivity index (χ3v) is 4.97. The van der Waals surface area contributed by atoms with Gasteiger partial charge in [0.15, 0.2) is 0 Å². The molecule has 2 N–H and O–H groups in total. The van der Waals surface area contributed by atoms with Gasteiger partial charge in [-0.1, -0.05) is 12.8 Å². The van der Waals surface area contributed by atoms with E-state index in [9.17, 15) is 5.11 Å². The molecule has 0 amide bonds. The van der Waals surface area contributed by atoms with Crippen LogP contribution in [0, 0.1) is 0 Å². The molecule has 0 radical (unpaired) electrons. The highest BCUT2D eigenvalue weighted by atomic mass is 16.5. The van der Waals surface area contributed by atoms with Gasteiger partial charge < -0.3 is 20.1 Å². The summed E-state index contributed by atoms with van der Waals surface area (Å²) < 4.78 is 5.21. The van der Waals surface area contributed by atoms with Gasteiger partial charge in [0.05, 0.1) is 6.61 Å². The van der Waals surface area contributed by atoms with Crippen molar-refractivity contribution in [2.45, 2.75) is 63.8 Å². The number of nitrogens with zero attached hydrogens (tertiary/aromatic N) is 1. The Kier molecular flexibility index (Phi) is 4.33. The zero-order valence-corrected chi connectivity index (χ0v) is 13.9. The lowest BCUT2D eigenvalue weighted by Gasteiger charge is -2.52. The van der Waals surface area contributed by atoms with Crippen molar-refractivity contribution in [1.82, 2.24) is 5.32 Å². The van der Waals surface area contributed by atoms with E-state index in [0.717, 1.165) is 12.1 Å². The molecule has 2 fully saturated rings. The summed E-state index contributed by atoms with van der Waals surface area (Å²) in [5.41, 5.74) is 2.18. The van der Waals surface area contributed by atoms with Gasteiger partial charge in [-0.2, -0.15) is 0 Å². The van der Waals surface area contributed by atoms with Gasteiger partial charge in [-0.25, -0.2) is 0 Å². The van der Waals surface area contributed by atoms with Gasteiger partial charge in [-0.05, 0) is 44.9 Å². The second kappa shape index (κ2) is 6.09. The maximum absolute atomic E-state index is 9.99. The number of rotatable bonds is 3. The van der Waals surface area contributed by atoms with Crippen molar-refractivity contribution in [3.8, 4) is 5.75 Å². The number of benzene rings is 1. The van der Waals surface area contributed by atoms with Crippen LogP contribution in [0.2, 0.25) is 0 Å². The van der Waals surface area contributed by atoms with Crippen LogP contribution in [0.4, 0.5) is 5.69 Å². The van der Waals surface area contributed by atoms with Crippen LogP contribution in [0.25, 0.3) is 0 Å². The minimum absolute atomic E-state index is 0.109. The number of hydrogen-bond acceptors (Lipinski definition) is 4. The van der Waals surface area contributed by atoms with Gasteiger partial charge in [0, 0.05) is 42.5 Å². The number of phenols is 1. The van der Waals surface area contributed by atoms with Crippen LogP contribution in [0.1, 0.15) is 45.1 Å². The standard InChI is InChI=1S/C18H28N2O2/c1-18(2)12-20(16-7-5-4-6-15(16)19-18)14-8-9-17(21)13(10-14)11-22-3/h8-10,15-16,19,21H,4-7,11-12H2,1-3H3/t15-,16-/m0/s1. The molecule has 1 saturated heterocycles. The quantitative estimate of drug-likeness (QED) is 0.901. The molecule has 1 aromatic carbocycles. The molecule has 1 saturated carbocycles. The average molecular weight is 304 g/mol. The molecule has 0 spiro atoms. The third kappa shape index (κ3) is 3.08. The molecule has 4 nitrogen and oxygen atoms in total. The molecule has 1 aliphatic heterocycles. The highest BCUT2D eigenvalue weighted by Gasteiger charge is 2.40. The lowest BCUT2D eigenvalue weighted by atomic mass is 9.83. The lowest BCUT2D eigenvalue weighted by molar-refractivity contribution is 0.181. The number of nitrogens with one attached hydrogen (secondary N) is 1. The van der Waals surface area contributed by atoms with Crippen molar-refractivity contribution in [1.29, 1.82) is 0 Å². The number of aromatic hydroxyl groups is 1. The van der Waals surface area contributed by atoms with E-state index in [1.165, 1.54) is 31.4 Å². The van der Waals surface area contributed by atoms with E-state index in [4.69, 9.17) is 4.74 Å². The van der Waals surface area contributed by atoms with Crippen molar-refractivity contribution >= 4 is 5.69 Å². The molecule has 3 rings (SSSR count). The second-order valence-electron chi connectivity index (χ2n) is 7.36. The Labute approximate surface area is 133 Å². The molecule has 1 aromatic rings. The van der Waals surface area contributed by atoms with Gasteiger partial charge in [0.2, 0.25) is 0 Å². The van der Waals surface area contributed by atoms with Crippen LogP contribution in [0.5, 0.6) is 5.75 Å². The van der Waals surface area contributed by atoms with Crippen LogP contribution < -0.4 is 10.2 Å². The summed E-state index contributed by atoms with van der Waals surface area (Å²) in [7, 11) is 1.66. The van der Waals surface area contributed by atoms with Crippen molar-refractivity contribution in [3.63, 3.8) is 0 Å². The third-order valence-electron chi connectivity index (χ3n) is 4.97. The first kappa shape index (κ1) is 15.6. The molecule has 2 aliphatic rings. The van der Waals surface area contributed by atoms with Crippen LogP contribution in [-0.2, 0) is 11.3 Å². The van der Waals surface area contributed by atoms with E-state index < -0.39 is 0 Å². The summed E-state index contributed by atoms with van der Waals surface area (Å²) in [6.07, 6.45) is 5.13. The van der Waals surface area contributed by atoms with E-state index in [0.29, 0.717) is 24.4 Å². The molecule has 0 unspecified atom stereocenters. The van der Waals surface area contributed by atoms with Crippen molar-refractivity contribution < 1.29 is 9.84 Å². The normalized spacial score (nSPS) is 27.5. The smallest absolute Gasteiger partial charge is 0.121 e. The number of methoxy groups -OCH3 is 1. The number of anilines is 1. The molecule has 122 valence electrons.